The van der Waals surface area contributed by atoms with Gasteiger partial charge in [0.1, 0.15) is 18.5 Å². The van der Waals surface area contributed by atoms with Gasteiger partial charge in [-0.05, 0) is 37.9 Å². The number of likely N-dealkylation sites (N-methyl/N-ethyl adjacent to an activating group) is 1. The van der Waals surface area contributed by atoms with Crippen molar-refractivity contribution >= 4 is 0 Å². The Morgan fingerprint density at radius 3 is 2.72 bits per heavy atom. The van der Waals surface area contributed by atoms with E-state index in [2.05, 4.69) is 11.8 Å². The number of ether oxygens (including phenoxy) is 1. The predicted octanol–water partition coefficient (Wildman–Crippen LogP) is 2.22. The molecule has 1 aromatic rings. The number of aliphatic hydroxyl groups is 1. The molecule has 1 fully saturated rings. The predicted molar refractivity (Wildman–Crippen MR) is 72.9 cm³/mol. The van der Waals surface area contributed by atoms with Crippen molar-refractivity contribution in [2.45, 2.75) is 38.8 Å². The summed E-state index contributed by atoms with van der Waals surface area (Å²) < 4.78 is 5.67. The largest absolute Gasteiger partial charge is 0.491 e. The molecule has 3 heteroatoms. The lowest BCUT2D eigenvalue weighted by molar-refractivity contribution is 0.0670. The number of nitrogens with zero attached hydrogens (tertiary/aromatic N) is 1. The molecular formula is C15H23NO2. The SMILES string of the molecule is CCN(CC(O)COc1ccccc1C)C1CC1. The van der Waals surface area contributed by atoms with E-state index in [1.54, 1.807) is 0 Å². The van der Waals surface area contributed by atoms with Crippen molar-refractivity contribution in [3.8, 4) is 5.75 Å². The van der Waals surface area contributed by atoms with Crippen LogP contribution in [0.15, 0.2) is 24.3 Å². The van der Waals surface area contributed by atoms with E-state index in [1.807, 2.05) is 31.2 Å². The normalized spacial score (nSPS) is 16.9. The Kier molecular flexibility index (Phi) is 4.61. The van der Waals surface area contributed by atoms with Gasteiger partial charge in [-0.1, -0.05) is 25.1 Å². The van der Waals surface area contributed by atoms with Gasteiger partial charge in [0.25, 0.3) is 0 Å². The van der Waals surface area contributed by atoms with Crippen LogP contribution >= 0.6 is 0 Å². The van der Waals surface area contributed by atoms with Crippen LogP contribution in [0, 0.1) is 6.92 Å². The molecule has 100 valence electrons. The van der Waals surface area contributed by atoms with Crippen LogP contribution in [-0.4, -0.2) is 41.8 Å². The molecule has 0 amide bonds. The van der Waals surface area contributed by atoms with Gasteiger partial charge in [0.2, 0.25) is 0 Å². The Hall–Kier alpha value is -1.06. The molecule has 2 rings (SSSR count). The second-order valence-electron chi connectivity index (χ2n) is 5.05. The summed E-state index contributed by atoms with van der Waals surface area (Å²) in [6, 6.07) is 8.61. The Morgan fingerprint density at radius 1 is 1.39 bits per heavy atom. The van der Waals surface area contributed by atoms with Gasteiger partial charge >= 0.3 is 0 Å². The molecule has 0 heterocycles. The molecule has 18 heavy (non-hydrogen) atoms. The van der Waals surface area contributed by atoms with Crippen LogP contribution in [0.25, 0.3) is 0 Å². The third-order valence-corrected chi connectivity index (χ3v) is 3.44. The highest BCUT2D eigenvalue weighted by atomic mass is 16.5. The summed E-state index contributed by atoms with van der Waals surface area (Å²) in [5, 5.41) is 10.0. The molecule has 3 nitrogen and oxygen atoms in total. The number of hydrogen-bond donors (Lipinski definition) is 1. The average Bonchev–Trinajstić information content (AvgIpc) is 3.19. The van der Waals surface area contributed by atoms with Crippen molar-refractivity contribution in [1.29, 1.82) is 0 Å². The number of aryl methyl sites for hydroxylation is 1. The van der Waals surface area contributed by atoms with Gasteiger partial charge in [-0.25, -0.2) is 0 Å². The van der Waals surface area contributed by atoms with Crippen LogP contribution in [0.3, 0.4) is 0 Å². The summed E-state index contributed by atoms with van der Waals surface area (Å²) >= 11 is 0. The van der Waals surface area contributed by atoms with Crippen molar-refractivity contribution in [3.63, 3.8) is 0 Å². The first kappa shape index (κ1) is 13.4. The van der Waals surface area contributed by atoms with Gasteiger partial charge in [-0.15, -0.1) is 0 Å². The van der Waals surface area contributed by atoms with Gasteiger partial charge in [0, 0.05) is 12.6 Å². The minimum atomic E-state index is -0.412. The van der Waals surface area contributed by atoms with Crippen molar-refractivity contribution in [2.24, 2.45) is 0 Å². The van der Waals surface area contributed by atoms with E-state index in [0.29, 0.717) is 19.2 Å². The number of aliphatic hydroxyl groups excluding tert-OH is 1. The van der Waals surface area contributed by atoms with Gasteiger partial charge in [-0.2, -0.15) is 0 Å². The maximum absolute atomic E-state index is 10.0. The summed E-state index contributed by atoms with van der Waals surface area (Å²) in [4.78, 5) is 2.34. The van der Waals surface area contributed by atoms with E-state index in [-0.39, 0.29) is 0 Å². The number of rotatable bonds is 7. The van der Waals surface area contributed by atoms with Crippen LogP contribution in [-0.2, 0) is 0 Å². The highest BCUT2D eigenvalue weighted by Gasteiger charge is 2.29. The summed E-state index contributed by atoms with van der Waals surface area (Å²) in [5.74, 6) is 0.867. The minimum absolute atomic E-state index is 0.369. The first-order chi connectivity index (χ1) is 8.70. The highest BCUT2D eigenvalue weighted by Crippen LogP contribution is 2.26. The van der Waals surface area contributed by atoms with Crippen LogP contribution in [0.5, 0.6) is 5.75 Å². The van der Waals surface area contributed by atoms with E-state index in [4.69, 9.17) is 4.74 Å². The Morgan fingerprint density at radius 2 is 2.11 bits per heavy atom. The van der Waals surface area contributed by atoms with Crippen LogP contribution in [0.4, 0.5) is 0 Å². The first-order valence-corrected chi connectivity index (χ1v) is 6.81. The second kappa shape index (κ2) is 6.21. The molecule has 0 radical (unpaired) electrons. The molecule has 1 aromatic carbocycles. The molecule has 0 aromatic heterocycles. The quantitative estimate of drug-likeness (QED) is 0.804. The molecule has 1 aliphatic carbocycles. The molecule has 0 bridgehead atoms. The Labute approximate surface area is 109 Å². The fourth-order valence-corrected chi connectivity index (χ4v) is 2.20. The molecule has 1 atom stereocenters. The number of para-hydroxylation sites is 1. The highest BCUT2D eigenvalue weighted by molar-refractivity contribution is 5.31. The first-order valence-electron chi connectivity index (χ1n) is 6.81. The Bertz CT molecular complexity index is 377. The topological polar surface area (TPSA) is 32.7 Å². The number of benzene rings is 1. The van der Waals surface area contributed by atoms with Gasteiger partial charge in [0.15, 0.2) is 0 Å². The lowest BCUT2D eigenvalue weighted by atomic mass is 10.2. The lowest BCUT2D eigenvalue weighted by Gasteiger charge is -2.23. The summed E-state index contributed by atoms with van der Waals surface area (Å²) in [5.41, 5.74) is 1.11. The zero-order chi connectivity index (χ0) is 13.0. The monoisotopic (exact) mass is 249 g/mol. The molecule has 0 saturated heterocycles. The molecule has 1 unspecified atom stereocenters. The van der Waals surface area contributed by atoms with Gasteiger partial charge in [-0.3, -0.25) is 4.90 Å². The summed E-state index contributed by atoms with van der Waals surface area (Å²) in [6.45, 7) is 6.25. The number of hydrogen-bond acceptors (Lipinski definition) is 3. The Balaban J connectivity index is 1.77. The van der Waals surface area contributed by atoms with Crippen LogP contribution in [0.2, 0.25) is 0 Å². The smallest absolute Gasteiger partial charge is 0.122 e. The molecule has 1 aliphatic rings. The zero-order valence-corrected chi connectivity index (χ0v) is 11.3. The van der Waals surface area contributed by atoms with Crippen molar-refractivity contribution in [2.75, 3.05) is 19.7 Å². The van der Waals surface area contributed by atoms with E-state index >= 15 is 0 Å². The second-order valence-corrected chi connectivity index (χ2v) is 5.05. The van der Waals surface area contributed by atoms with E-state index in [1.165, 1.54) is 12.8 Å². The van der Waals surface area contributed by atoms with E-state index in [9.17, 15) is 5.11 Å². The van der Waals surface area contributed by atoms with Crippen molar-refractivity contribution in [1.82, 2.24) is 4.90 Å². The zero-order valence-electron chi connectivity index (χ0n) is 11.3. The fourth-order valence-electron chi connectivity index (χ4n) is 2.20. The standard InChI is InChI=1S/C15H23NO2/c1-3-16(13-8-9-13)10-14(17)11-18-15-7-5-4-6-12(15)2/h4-7,13-14,17H,3,8-11H2,1-2H3. The summed E-state index contributed by atoms with van der Waals surface area (Å²) in [7, 11) is 0. The van der Waals surface area contributed by atoms with E-state index < -0.39 is 6.10 Å². The van der Waals surface area contributed by atoms with Crippen LogP contribution < -0.4 is 4.74 Å². The van der Waals surface area contributed by atoms with Crippen LogP contribution in [0.1, 0.15) is 25.3 Å². The summed E-state index contributed by atoms with van der Waals surface area (Å²) in [6.07, 6.45) is 2.14. The van der Waals surface area contributed by atoms with Gasteiger partial charge < -0.3 is 9.84 Å². The van der Waals surface area contributed by atoms with E-state index in [0.717, 1.165) is 17.9 Å². The molecule has 0 aliphatic heterocycles. The van der Waals surface area contributed by atoms with Gasteiger partial charge in [0.05, 0.1) is 0 Å². The molecule has 0 spiro atoms. The molecule has 1 saturated carbocycles. The van der Waals surface area contributed by atoms with Crippen molar-refractivity contribution < 1.29 is 9.84 Å². The third-order valence-electron chi connectivity index (χ3n) is 3.44. The fraction of sp³-hybridized carbons (Fsp3) is 0.600. The maximum atomic E-state index is 10.0. The maximum Gasteiger partial charge on any atom is 0.122 e. The molecule has 1 N–H and O–H groups in total. The average molecular weight is 249 g/mol. The molecular weight excluding hydrogens is 226 g/mol. The lowest BCUT2D eigenvalue weighted by Crippen LogP contribution is -2.37. The van der Waals surface area contributed by atoms with Crippen molar-refractivity contribution in [3.05, 3.63) is 29.8 Å². The third kappa shape index (κ3) is 3.72. The minimum Gasteiger partial charge on any atom is -0.491 e.